The molecule has 172 valence electrons. The third kappa shape index (κ3) is 5.73. The van der Waals surface area contributed by atoms with E-state index >= 15 is 0 Å². The molecular formula is C22H23F3N2O4S. The summed E-state index contributed by atoms with van der Waals surface area (Å²) in [5.74, 6) is -0.813. The SMILES string of the molecule is Cc1ccc(C(=O)N2CC3(CC(Oc4cccnc4)CS3)C2)cc1C.O=C(O)C(F)(F)F. The Labute approximate surface area is 187 Å². The van der Waals surface area contributed by atoms with Gasteiger partial charge in [-0.05, 0) is 49.2 Å². The van der Waals surface area contributed by atoms with Gasteiger partial charge in [0.2, 0.25) is 0 Å². The predicted molar refractivity (Wildman–Crippen MR) is 114 cm³/mol. The van der Waals surface area contributed by atoms with Crippen molar-refractivity contribution >= 4 is 23.6 Å². The van der Waals surface area contributed by atoms with Crippen molar-refractivity contribution in [3.63, 3.8) is 0 Å². The van der Waals surface area contributed by atoms with Crippen molar-refractivity contribution in [1.29, 1.82) is 0 Å². The van der Waals surface area contributed by atoms with Gasteiger partial charge in [0.1, 0.15) is 11.9 Å². The molecule has 1 N–H and O–H groups in total. The number of aliphatic carboxylic acids is 1. The molecule has 6 nitrogen and oxygen atoms in total. The van der Waals surface area contributed by atoms with Gasteiger partial charge in [-0.15, -0.1) is 11.8 Å². The van der Waals surface area contributed by atoms with Crippen LogP contribution < -0.4 is 4.74 Å². The van der Waals surface area contributed by atoms with E-state index in [-0.39, 0.29) is 16.8 Å². The van der Waals surface area contributed by atoms with Gasteiger partial charge >= 0.3 is 12.1 Å². The minimum atomic E-state index is -5.08. The van der Waals surface area contributed by atoms with Gasteiger partial charge in [0.25, 0.3) is 5.91 Å². The Morgan fingerprint density at radius 3 is 2.47 bits per heavy atom. The molecule has 0 bridgehead atoms. The molecule has 32 heavy (non-hydrogen) atoms. The predicted octanol–water partition coefficient (Wildman–Crippen LogP) is 4.11. The quantitative estimate of drug-likeness (QED) is 0.731. The van der Waals surface area contributed by atoms with Crippen LogP contribution in [0.1, 0.15) is 27.9 Å². The molecule has 3 heterocycles. The van der Waals surface area contributed by atoms with E-state index in [1.807, 2.05) is 47.0 Å². The smallest absolute Gasteiger partial charge is 0.488 e. The number of carboxylic acids is 1. The molecule has 1 unspecified atom stereocenters. The van der Waals surface area contributed by atoms with Crippen molar-refractivity contribution in [2.24, 2.45) is 0 Å². The van der Waals surface area contributed by atoms with Gasteiger partial charge in [0, 0.05) is 37.0 Å². The third-order valence-corrected chi connectivity index (χ3v) is 6.93. The number of carbonyl (C=O) groups excluding carboxylic acids is 1. The third-order valence-electron chi connectivity index (χ3n) is 5.35. The van der Waals surface area contributed by atoms with Gasteiger partial charge in [-0.1, -0.05) is 6.07 Å². The van der Waals surface area contributed by atoms with Gasteiger partial charge in [-0.25, -0.2) is 4.79 Å². The summed E-state index contributed by atoms with van der Waals surface area (Å²) in [4.78, 5) is 27.6. The van der Waals surface area contributed by atoms with Crippen LogP contribution in [-0.2, 0) is 4.79 Å². The van der Waals surface area contributed by atoms with E-state index in [0.717, 1.165) is 36.6 Å². The molecule has 2 saturated heterocycles. The van der Waals surface area contributed by atoms with Crippen LogP contribution in [0.15, 0.2) is 42.7 Å². The average Bonchev–Trinajstić information content (AvgIpc) is 3.13. The summed E-state index contributed by atoms with van der Waals surface area (Å²) < 4.78 is 37.9. The summed E-state index contributed by atoms with van der Waals surface area (Å²) in [5, 5.41) is 7.12. The topological polar surface area (TPSA) is 79.7 Å². The zero-order chi connectivity index (χ0) is 23.5. The first-order chi connectivity index (χ1) is 15.0. The number of rotatable bonds is 3. The maximum Gasteiger partial charge on any atom is 0.490 e. The minimum absolute atomic E-state index is 0.144. The molecule has 0 saturated carbocycles. The lowest BCUT2D eigenvalue weighted by molar-refractivity contribution is -0.192. The summed E-state index contributed by atoms with van der Waals surface area (Å²) in [6.45, 7) is 5.75. The van der Waals surface area contributed by atoms with E-state index in [0.29, 0.717) is 0 Å². The van der Waals surface area contributed by atoms with Crippen molar-refractivity contribution in [3.05, 3.63) is 59.4 Å². The zero-order valence-corrected chi connectivity index (χ0v) is 18.4. The Bertz CT molecular complexity index is 979. The van der Waals surface area contributed by atoms with Crippen LogP contribution in [0.5, 0.6) is 5.75 Å². The number of hydrogen-bond acceptors (Lipinski definition) is 5. The van der Waals surface area contributed by atoms with Gasteiger partial charge < -0.3 is 14.7 Å². The molecule has 1 aromatic carbocycles. The number of carbonyl (C=O) groups is 2. The van der Waals surface area contributed by atoms with Crippen molar-refractivity contribution in [2.75, 3.05) is 18.8 Å². The maximum atomic E-state index is 12.7. The number of carboxylic acid groups (broad SMARTS) is 1. The number of ether oxygens (including phenoxy) is 1. The van der Waals surface area contributed by atoms with Crippen LogP contribution in [0.4, 0.5) is 13.2 Å². The standard InChI is InChI=1S/C20H22N2O2S.C2HF3O2/c1-14-5-6-16(8-15(14)2)19(23)22-12-20(13-22)9-18(11-25-20)24-17-4-3-7-21-10-17;3-2(4,5)1(6)7/h3-8,10,18H,9,11-13H2,1-2H3;(H,6,7). The van der Waals surface area contributed by atoms with E-state index in [1.165, 1.54) is 11.1 Å². The largest absolute Gasteiger partial charge is 0.490 e. The second kappa shape index (κ2) is 9.40. The summed E-state index contributed by atoms with van der Waals surface area (Å²) in [6.07, 6.45) is -0.386. The number of benzene rings is 1. The molecule has 4 rings (SSSR count). The van der Waals surface area contributed by atoms with E-state index in [4.69, 9.17) is 14.6 Å². The normalized spacial score (nSPS) is 19.0. The Kier molecular flexibility index (Phi) is 7.02. The molecule has 2 aliphatic heterocycles. The van der Waals surface area contributed by atoms with Crippen molar-refractivity contribution in [2.45, 2.75) is 37.3 Å². The van der Waals surface area contributed by atoms with Crippen LogP contribution in [-0.4, -0.2) is 62.7 Å². The van der Waals surface area contributed by atoms with E-state index in [9.17, 15) is 18.0 Å². The molecule has 0 aliphatic carbocycles. The van der Waals surface area contributed by atoms with Gasteiger partial charge in [0.05, 0.1) is 10.9 Å². The fraction of sp³-hybridized carbons (Fsp3) is 0.409. The highest BCUT2D eigenvalue weighted by atomic mass is 32.2. The number of aryl methyl sites for hydroxylation is 2. The Morgan fingerprint density at radius 2 is 1.91 bits per heavy atom. The molecule has 2 aromatic rings. The van der Waals surface area contributed by atoms with Gasteiger partial charge in [-0.3, -0.25) is 9.78 Å². The molecule has 1 aromatic heterocycles. The number of amides is 1. The summed E-state index contributed by atoms with van der Waals surface area (Å²) >= 11 is 1.94. The Hall–Kier alpha value is -2.75. The number of likely N-dealkylation sites (tertiary alicyclic amines) is 1. The second-order valence-corrected chi connectivity index (χ2v) is 9.38. The highest BCUT2D eigenvalue weighted by Gasteiger charge is 2.51. The fourth-order valence-electron chi connectivity index (χ4n) is 3.56. The minimum Gasteiger partial charge on any atom is -0.488 e. The van der Waals surface area contributed by atoms with Gasteiger partial charge in [-0.2, -0.15) is 13.2 Å². The van der Waals surface area contributed by atoms with Crippen molar-refractivity contribution < 1.29 is 32.6 Å². The molecule has 2 fully saturated rings. The number of hydrogen-bond donors (Lipinski definition) is 1. The average molecular weight is 468 g/mol. The van der Waals surface area contributed by atoms with E-state index < -0.39 is 12.1 Å². The number of thioether (sulfide) groups is 1. The van der Waals surface area contributed by atoms with E-state index in [2.05, 4.69) is 18.8 Å². The van der Waals surface area contributed by atoms with E-state index in [1.54, 1.807) is 12.4 Å². The Balaban J connectivity index is 0.000000360. The molecule has 2 aliphatic rings. The lowest BCUT2D eigenvalue weighted by Gasteiger charge is -2.47. The first kappa shape index (κ1) is 23.9. The highest BCUT2D eigenvalue weighted by molar-refractivity contribution is 8.01. The summed E-state index contributed by atoms with van der Waals surface area (Å²) in [7, 11) is 0. The van der Waals surface area contributed by atoms with Crippen LogP contribution in [0, 0.1) is 13.8 Å². The first-order valence-electron chi connectivity index (χ1n) is 9.86. The number of aromatic nitrogens is 1. The lowest BCUT2D eigenvalue weighted by atomic mass is 9.92. The molecule has 1 atom stereocenters. The molecule has 0 radical (unpaired) electrons. The number of halogens is 3. The summed E-state index contributed by atoms with van der Waals surface area (Å²) in [5.41, 5.74) is 3.18. The summed E-state index contributed by atoms with van der Waals surface area (Å²) in [6, 6.07) is 9.80. The van der Waals surface area contributed by atoms with Crippen LogP contribution in [0.2, 0.25) is 0 Å². The van der Waals surface area contributed by atoms with Crippen molar-refractivity contribution in [3.8, 4) is 5.75 Å². The zero-order valence-electron chi connectivity index (χ0n) is 17.6. The monoisotopic (exact) mass is 468 g/mol. The van der Waals surface area contributed by atoms with Crippen LogP contribution >= 0.6 is 11.8 Å². The molecule has 1 spiro atoms. The van der Waals surface area contributed by atoms with Gasteiger partial charge in [0.15, 0.2) is 0 Å². The first-order valence-corrected chi connectivity index (χ1v) is 10.8. The highest BCUT2D eigenvalue weighted by Crippen LogP contribution is 2.46. The maximum absolute atomic E-state index is 12.7. The molecule has 1 amide bonds. The number of pyridine rings is 1. The van der Waals surface area contributed by atoms with Crippen LogP contribution in [0.3, 0.4) is 0 Å². The Morgan fingerprint density at radius 1 is 1.22 bits per heavy atom. The van der Waals surface area contributed by atoms with Crippen molar-refractivity contribution in [1.82, 2.24) is 9.88 Å². The molecular weight excluding hydrogens is 445 g/mol. The second-order valence-electron chi connectivity index (χ2n) is 7.89. The number of nitrogens with zero attached hydrogens (tertiary/aromatic N) is 2. The van der Waals surface area contributed by atoms with Crippen LogP contribution in [0.25, 0.3) is 0 Å². The molecule has 10 heteroatoms. The lowest BCUT2D eigenvalue weighted by Crippen LogP contribution is -2.60. The number of alkyl halides is 3. The fourth-order valence-corrected chi connectivity index (χ4v) is 5.08.